The molecule has 1 atom stereocenters. The highest BCUT2D eigenvalue weighted by Gasteiger charge is 2.32. The fraction of sp³-hybridized carbons (Fsp3) is 0.320. The van der Waals surface area contributed by atoms with Gasteiger partial charge in [-0.3, -0.25) is 14.6 Å². The molecule has 0 fully saturated rings. The molecular formula is C25H28N6O2S. The van der Waals surface area contributed by atoms with E-state index in [0.717, 1.165) is 22.3 Å². The number of nitrogens with zero attached hydrogens (tertiary/aromatic N) is 5. The molecule has 3 heterocycles. The van der Waals surface area contributed by atoms with E-state index in [-0.39, 0.29) is 18.4 Å². The van der Waals surface area contributed by atoms with E-state index in [0.29, 0.717) is 24.6 Å². The quantitative estimate of drug-likeness (QED) is 0.376. The Morgan fingerprint density at radius 1 is 1.09 bits per heavy atom. The van der Waals surface area contributed by atoms with Crippen LogP contribution in [0, 0.1) is 5.92 Å². The number of benzene rings is 1. The smallest absolute Gasteiger partial charge is 0.247 e. The van der Waals surface area contributed by atoms with Crippen molar-refractivity contribution in [2.24, 2.45) is 5.92 Å². The highest BCUT2D eigenvalue weighted by atomic mass is 32.1. The summed E-state index contributed by atoms with van der Waals surface area (Å²) in [6.07, 6.45) is 4.14. The van der Waals surface area contributed by atoms with Gasteiger partial charge in [0.25, 0.3) is 0 Å². The monoisotopic (exact) mass is 476 g/mol. The molecule has 0 spiro atoms. The second kappa shape index (κ2) is 11.0. The molecule has 0 aliphatic rings. The third kappa shape index (κ3) is 5.66. The first-order valence-corrected chi connectivity index (χ1v) is 12.2. The first kappa shape index (κ1) is 23.6. The number of carbonyl (C=O) groups is 2. The molecule has 1 unspecified atom stereocenters. The zero-order valence-electron chi connectivity index (χ0n) is 19.3. The maximum atomic E-state index is 13.7. The van der Waals surface area contributed by atoms with Gasteiger partial charge >= 0.3 is 0 Å². The van der Waals surface area contributed by atoms with Crippen LogP contribution in [0.25, 0.3) is 11.0 Å². The minimum absolute atomic E-state index is 0.0211. The third-order valence-electron chi connectivity index (χ3n) is 5.53. The summed E-state index contributed by atoms with van der Waals surface area (Å²) in [6, 6.07) is 14.2. The van der Waals surface area contributed by atoms with Gasteiger partial charge in [-0.05, 0) is 53.6 Å². The number of hydrogen-bond donors (Lipinski definition) is 1. The maximum Gasteiger partial charge on any atom is 0.247 e. The number of fused-ring (bicyclic) bond motifs is 1. The third-order valence-corrected chi connectivity index (χ3v) is 6.40. The SMILES string of the molecule is CC(C)CCNC(=O)C(c1ccncc1)N(Cc1cccs1)C(=O)Cn1nnc2ccccc21. The number of amides is 2. The normalized spacial score (nSPS) is 12.1. The summed E-state index contributed by atoms with van der Waals surface area (Å²) in [5.74, 6) is 0.0363. The van der Waals surface area contributed by atoms with Crippen LogP contribution in [0.4, 0.5) is 0 Å². The lowest BCUT2D eigenvalue weighted by Gasteiger charge is -2.31. The van der Waals surface area contributed by atoms with Gasteiger partial charge in [0.15, 0.2) is 0 Å². The highest BCUT2D eigenvalue weighted by molar-refractivity contribution is 7.09. The van der Waals surface area contributed by atoms with Gasteiger partial charge in [-0.15, -0.1) is 16.4 Å². The summed E-state index contributed by atoms with van der Waals surface area (Å²) >= 11 is 1.55. The Bertz CT molecular complexity index is 1220. The van der Waals surface area contributed by atoms with E-state index < -0.39 is 6.04 Å². The zero-order chi connectivity index (χ0) is 23.9. The summed E-state index contributed by atoms with van der Waals surface area (Å²) < 4.78 is 1.58. The van der Waals surface area contributed by atoms with Crippen molar-refractivity contribution in [2.45, 2.75) is 39.4 Å². The van der Waals surface area contributed by atoms with Crippen molar-refractivity contribution in [2.75, 3.05) is 6.54 Å². The van der Waals surface area contributed by atoms with Gasteiger partial charge in [0.05, 0.1) is 12.1 Å². The Labute approximate surface area is 202 Å². The van der Waals surface area contributed by atoms with Crippen LogP contribution >= 0.6 is 11.3 Å². The Morgan fingerprint density at radius 3 is 2.62 bits per heavy atom. The standard InChI is InChI=1S/C25H28N6O2S/c1-18(2)9-14-27-25(33)24(19-10-12-26-13-11-19)30(16-20-6-5-15-34-20)23(32)17-31-22-8-4-3-7-21(22)28-29-31/h3-8,10-13,15,18,24H,9,14,16-17H2,1-2H3,(H,27,33). The average Bonchev–Trinajstić information content (AvgIpc) is 3.49. The van der Waals surface area contributed by atoms with E-state index >= 15 is 0 Å². The van der Waals surface area contributed by atoms with Gasteiger partial charge < -0.3 is 10.2 Å². The molecule has 34 heavy (non-hydrogen) atoms. The van der Waals surface area contributed by atoms with Crippen LogP contribution in [0.5, 0.6) is 0 Å². The zero-order valence-corrected chi connectivity index (χ0v) is 20.1. The van der Waals surface area contributed by atoms with Crippen LogP contribution in [0.1, 0.15) is 36.8 Å². The van der Waals surface area contributed by atoms with Crippen molar-refractivity contribution in [1.82, 2.24) is 30.2 Å². The number of hydrogen-bond acceptors (Lipinski definition) is 6. The highest BCUT2D eigenvalue weighted by Crippen LogP contribution is 2.26. The number of thiophene rings is 1. The van der Waals surface area contributed by atoms with Gasteiger partial charge in [0.2, 0.25) is 11.8 Å². The molecule has 1 aromatic carbocycles. The Hall–Kier alpha value is -3.59. The number of aromatic nitrogens is 4. The van der Waals surface area contributed by atoms with Gasteiger partial charge in [-0.25, -0.2) is 4.68 Å². The Balaban J connectivity index is 1.66. The lowest BCUT2D eigenvalue weighted by atomic mass is 10.0. The van der Waals surface area contributed by atoms with Crippen molar-refractivity contribution in [3.8, 4) is 0 Å². The lowest BCUT2D eigenvalue weighted by Crippen LogP contribution is -2.44. The number of para-hydroxylation sites is 1. The maximum absolute atomic E-state index is 13.7. The molecule has 4 rings (SSSR count). The molecule has 1 N–H and O–H groups in total. The van der Waals surface area contributed by atoms with Crippen molar-refractivity contribution < 1.29 is 9.59 Å². The largest absolute Gasteiger partial charge is 0.354 e. The Morgan fingerprint density at radius 2 is 1.88 bits per heavy atom. The fourth-order valence-electron chi connectivity index (χ4n) is 3.75. The average molecular weight is 477 g/mol. The molecular weight excluding hydrogens is 448 g/mol. The number of rotatable bonds is 10. The Kier molecular flexibility index (Phi) is 7.64. The fourth-order valence-corrected chi connectivity index (χ4v) is 4.45. The van der Waals surface area contributed by atoms with E-state index in [2.05, 4.69) is 34.5 Å². The van der Waals surface area contributed by atoms with Crippen LogP contribution in [-0.2, 0) is 22.7 Å². The molecule has 0 aliphatic carbocycles. The topological polar surface area (TPSA) is 93.0 Å². The minimum atomic E-state index is -0.792. The summed E-state index contributed by atoms with van der Waals surface area (Å²) in [7, 11) is 0. The molecule has 0 saturated carbocycles. The van der Waals surface area contributed by atoms with Crippen molar-refractivity contribution in [1.29, 1.82) is 0 Å². The first-order valence-electron chi connectivity index (χ1n) is 11.3. The molecule has 8 nitrogen and oxygen atoms in total. The van der Waals surface area contributed by atoms with Gasteiger partial charge in [0, 0.05) is 23.8 Å². The summed E-state index contributed by atoms with van der Waals surface area (Å²) in [5, 5.41) is 13.3. The van der Waals surface area contributed by atoms with E-state index in [1.54, 1.807) is 45.4 Å². The predicted molar refractivity (Wildman–Crippen MR) is 132 cm³/mol. The van der Waals surface area contributed by atoms with Crippen LogP contribution in [0.2, 0.25) is 0 Å². The van der Waals surface area contributed by atoms with E-state index in [1.165, 1.54) is 0 Å². The lowest BCUT2D eigenvalue weighted by molar-refractivity contribution is -0.142. The van der Waals surface area contributed by atoms with Crippen LogP contribution < -0.4 is 5.32 Å². The summed E-state index contributed by atoms with van der Waals surface area (Å²) in [6.45, 7) is 5.07. The van der Waals surface area contributed by atoms with E-state index in [4.69, 9.17) is 0 Å². The molecule has 4 aromatic rings. The van der Waals surface area contributed by atoms with E-state index in [1.807, 2.05) is 41.8 Å². The number of nitrogens with one attached hydrogen (secondary N) is 1. The number of carbonyl (C=O) groups excluding carboxylic acids is 2. The van der Waals surface area contributed by atoms with Crippen molar-refractivity contribution >= 4 is 34.2 Å². The summed E-state index contributed by atoms with van der Waals surface area (Å²) in [4.78, 5) is 33.9. The van der Waals surface area contributed by atoms with Gasteiger partial charge in [-0.1, -0.05) is 37.3 Å². The summed E-state index contributed by atoms with van der Waals surface area (Å²) in [5.41, 5.74) is 2.20. The predicted octanol–water partition coefficient (Wildman–Crippen LogP) is 3.82. The van der Waals surface area contributed by atoms with Crippen LogP contribution in [0.15, 0.2) is 66.3 Å². The van der Waals surface area contributed by atoms with Gasteiger partial charge in [0.1, 0.15) is 18.1 Å². The van der Waals surface area contributed by atoms with E-state index in [9.17, 15) is 9.59 Å². The first-order chi connectivity index (χ1) is 16.5. The molecule has 9 heteroatoms. The van der Waals surface area contributed by atoms with Crippen molar-refractivity contribution in [3.63, 3.8) is 0 Å². The number of pyridine rings is 1. The molecule has 2 amide bonds. The molecule has 0 aliphatic heterocycles. The second-order valence-electron chi connectivity index (χ2n) is 8.49. The van der Waals surface area contributed by atoms with Gasteiger partial charge in [-0.2, -0.15) is 0 Å². The van der Waals surface area contributed by atoms with Crippen molar-refractivity contribution in [3.05, 3.63) is 76.7 Å². The second-order valence-corrected chi connectivity index (χ2v) is 9.53. The molecule has 176 valence electrons. The minimum Gasteiger partial charge on any atom is -0.354 e. The molecule has 3 aromatic heterocycles. The van der Waals surface area contributed by atoms with Crippen LogP contribution in [0.3, 0.4) is 0 Å². The molecule has 0 radical (unpaired) electrons. The van der Waals surface area contributed by atoms with Crippen LogP contribution in [-0.4, -0.2) is 43.2 Å². The molecule has 0 saturated heterocycles. The molecule has 0 bridgehead atoms.